The monoisotopic (exact) mass is 372 g/mol. The molecule has 1 aromatic carbocycles. The molecule has 142 valence electrons. The molecular weight excluding hydrogens is 348 g/mol. The predicted octanol–water partition coefficient (Wildman–Crippen LogP) is 4.02. The number of piperidine rings is 1. The second-order valence-corrected chi connectivity index (χ2v) is 7.32. The van der Waals surface area contributed by atoms with Gasteiger partial charge < -0.3 is 4.90 Å². The molecule has 0 saturated carbocycles. The average molecular weight is 372 g/mol. The first-order chi connectivity index (χ1) is 13.8. The van der Waals surface area contributed by atoms with Crippen LogP contribution in [-0.4, -0.2) is 38.8 Å². The molecule has 1 saturated heterocycles. The van der Waals surface area contributed by atoms with Crippen molar-refractivity contribution in [2.75, 3.05) is 13.1 Å². The lowest BCUT2D eigenvalue weighted by atomic mass is 9.90. The molecule has 0 atom stereocenters. The Labute approximate surface area is 165 Å². The number of benzene rings is 1. The molecule has 1 amide bonds. The van der Waals surface area contributed by atoms with E-state index in [1.165, 1.54) is 18.3 Å². The number of aryl methyl sites for hydroxylation is 1. The van der Waals surface area contributed by atoms with E-state index in [-0.39, 0.29) is 5.91 Å². The van der Waals surface area contributed by atoms with Crippen LogP contribution in [0, 0.1) is 5.92 Å². The third-order valence-electron chi connectivity index (χ3n) is 5.45. The first-order valence-corrected chi connectivity index (χ1v) is 9.84. The number of aromatic nitrogens is 3. The quantitative estimate of drug-likeness (QED) is 0.679. The summed E-state index contributed by atoms with van der Waals surface area (Å²) in [5.74, 6) is 0.771. The molecule has 5 nitrogen and oxygen atoms in total. The van der Waals surface area contributed by atoms with Gasteiger partial charge in [0.25, 0.3) is 5.91 Å². The maximum Gasteiger partial charge on any atom is 0.255 e. The molecule has 5 heteroatoms. The molecule has 0 bridgehead atoms. The van der Waals surface area contributed by atoms with Crippen LogP contribution >= 0.6 is 0 Å². The number of carbonyl (C=O) groups is 1. The molecule has 3 aromatic rings. The Morgan fingerprint density at radius 3 is 2.39 bits per heavy atom. The van der Waals surface area contributed by atoms with Gasteiger partial charge in [-0.1, -0.05) is 30.3 Å². The molecule has 1 aliphatic heterocycles. The number of amides is 1. The summed E-state index contributed by atoms with van der Waals surface area (Å²) in [6.07, 6.45) is 11.1. The van der Waals surface area contributed by atoms with E-state index >= 15 is 0 Å². The third kappa shape index (κ3) is 4.42. The molecule has 28 heavy (non-hydrogen) atoms. The third-order valence-corrected chi connectivity index (χ3v) is 5.45. The van der Waals surface area contributed by atoms with Gasteiger partial charge in [0.2, 0.25) is 0 Å². The first kappa shape index (κ1) is 18.3. The van der Waals surface area contributed by atoms with Crippen LogP contribution in [-0.2, 0) is 6.42 Å². The highest BCUT2D eigenvalue weighted by molar-refractivity contribution is 5.94. The summed E-state index contributed by atoms with van der Waals surface area (Å²) < 4.78 is 0. The van der Waals surface area contributed by atoms with Crippen molar-refractivity contribution in [1.82, 2.24) is 19.9 Å². The lowest BCUT2D eigenvalue weighted by Gasteiger charge is -2.32. The van der Waals surface area contributed by atoms with Crippen LogP contribution in [0.15, 0.2) is 67.4 Å². The molecule has 0 radical (unpaired) electrons. The summed E-state index contributed by atoms with van der Waals surface area (Å²) in [5, 5.41) is 0. The van der Waals surface area contributed by atoms with Crippen molar-refractivity contribution < 1.29 is 4.79 Å². The Balaban J connectivity index is 1.30. The van der Waals surface area contributed by atoms with Gasteiger partial charge in [-0.05, 0) is 49.3 Å². The molecule has 0 N–H and O–H groups in total. The molecule has 4 rings (SSSR count). The summed E-state index contributed by atoms with van der Waals surface area (Å²) in [6, 6.07) is 14.3. The van der Waals surface area contributed by atoms with E-state index in [1.807, 2.05) is 17.0 Å². The van der Waals surface area contributed by atoms with E-state index in [9.17, 15) is 4.79 Å². The number of likely N-dealkylation sites (tertiary alicyclic amines) is 1. The highest BCUT2D eigenvalue weighted by atomic mass is 16.2. The van der Waals surface area contributed by atoms with Crippen molar-refractivity contribution in [2.45, 2.75) is 25.7 Å². The zero-order valence-corrected chi connectivity index (χ0v) is 15.9. The number of rotatable bonds is 5. The highest BCUT2D eigenvalue weighted by Gasteiger charge is 2.23. The summed E-state index contributed by atoms with van der Waals surface area (Å²) in [5.41, 5.74) is 3.66. The lowest BCUT2D eigenvalue weighted by Crippen LogP contribution is -2.38. The maximum atomic E-state index is 12.8. The van der Waals surface area contributed by atoms with Crippen LogP contribution < -0.4 is 0 Å². The van der Waals surface area contributed by atoms with Crippen molar-refractivity contribution in [3.8, 4) is 11.3 Å². The fourth-order valence-electron chi connectivity index (χ4n) is 3.75. The van der Waals surface area contributed by atoms with Gasteiger partial charge in [0.15, 0.2) is 0 Å². The van der Waals surface area contributed by atoms with Crippen molar-refractivity contribution >= 4 is 5.91 Å². The molecule has 0 spiro atoms. The molecular formula is C23H24N4O. The number of hydrogen-bond donors (Lipinski definition) is 0. The van der Waals surface area contributed by atoms with Gasteiger partial charge in [0.1, 0.15) is 6.33 Å². The standard InChI is InChI=1S/C23H24N4O/c28-23(20-8-9-22(26-16-20)21-14-24-17-25-15-21)27-12-10-19(11-13-27)7-6-18-4-2-1-3-5-18/h1-5,8-9,14-17,19H,6-7,10-13H2. The Morgan fingerprint density at radius 1 is 0.964 bits per heavy atom. The highest BCUT2D eigenvalue weighted by Crippen LogP contribution is 2.24. The fraction of sp³-hybridized carbons (Fsp3) is 0.304. The smallest absolute Gasteiger partial charge is 0.255 e. The van der Waals surface area contributed by atoms with E-state index in [4.69, 9.17) is 0 Å². The van der Waals surface area contributed by atoms with E-state index < -0.39 is 0 Å². The van der Waals surface area contributed by atoms with E-state index in [1.54, 1.807) is 18.6 Å². The zero-order valence-electron chi connectivity index (χ0n) is 15.9. The van der Waals surface area contributed by atoms with E-state index in [0.717, 1.165) is 43.6 Å². The first-order valence-electron chi connectivity index (χ1n) is 9.84. The molecule has 0 aliphatic carbocycles. The van der Waals surface area contributed by atoms with Crippen LogP contribution in [0.3, 0.4) is 0 Å². The van der Waals surface area contributed by atoms with Gasteiger partial charge in [-0.15, -0.1) is 0 Å². The Morgan fingerprint density at radius 2 is 1.71 bits per heavy atom. The van der Waals surface area contributed by atoms with Crippen LogP contribution in [0.25, 0.3) is 11.3 Å². The normalized spacial score (nSPS) is 14.8. The minimum absolute atomic E-state index is 0.0740. The maximum absolute atomic E-state index is 12.8. The summed E-state index contributed by atoms with van der Waals surface area (Å²) in [4.78, 5) is 27.2. The Hall–Kier alpha value is -3.08. The molecule has 2 aromatic heterocycles. The van der Waals surface area contributed by atoms with Gasteiger partial charge in [-0.2, -0.15) is 0 Å². The van der Waals surface area contributed by atoms with Crippen molar-refractivity contribution in [1.29, 1.82) is 0 Å². The summed E-state index contributed by atoms with van der Waals surface area (Å²) in [6.45, 7) is 1.65. The average Bonchev–Trinajstić information content (AvgIpc) is 2.79. The minimum atomic E-state index is 0.0740. The minimum Gasteiger partial charge on any atom is -0.339 e. The Bertz CT molecular complexity index is 889. The van der Waals surface area contributed by atoms with E-state index in [2.05, 4.69) is 45.3 Å². The molecule has 1 aliphatic rings. The van der Waals surface area contributed by atoms with Crippen LogP contribution in [0.1, 0.15) is 35.2 Å². The topological polar surface area (TPSA) is 59.0 Å². The van der Waals surface area contributed by atoms with Crippen molar-refractivity contribution in [2.24, 2.45) is 5.92 Å². The second kappa shape index (κ2) is 8.74. The Kier molecular flexibility index (Phi) is 5.71. The van der Waals surface area contributed by atoms with Gasteiger partial charge in [-0.25, -0.2) is 9.97 Å². The van der Waals surface area contributed by atoms with Gasteiger partial charge in [-0.3, -0.25) is 9.78 Å². The summed E-state index contributed by atoms with van der Waals surface area (Å²) in [7, 11) is 0. The van der Waals surface area contributed by atoms with Crippen LogP contribution in [0.2, 0.25) is 0 Å². The number of nitrogens with zero attached hydrogens (tertiary/aromatic N) is 4. The molecule has 1 fully saturated rings. The lowest BCUT2D eigenvalue weighted by molar-refractivity contribution is 0.0686. The van der Waals surface area contributed by atoms with Crippen molar-refractivity contribution in [3.05, 3.63) is 78.5 Å². The van der Waals surface area contributed by atoms with Crippen LogP contribution in [0.5, 0.6) is 0 Å². The zero-order chi connectivity index (χ0) is 19.2. The van der Waals surface area contributed by atoms with Gasteiger partial charge >= 0.3 is 0 Å². The number of carbonyl (C=O) groups excluding carboxylic acids is 1. The summed E-state index contributed by atoms with van der Waals surface area (Å²) >= 11 is 0. The molecule has 0 unspecified atom stereocenters. The van der Waals surface area contributed by atoms with Crippen LogP contribution in [0.4, 0.5) is 0 Å². The molecule has 3 heterocycles. The number of pyridine rings is 1. The van der Waals surface area contributed by atoms with Crippen molar-refractivity contribution in [3.63, 3.8) is 0 Å². The second-order valence-electron chi connectivity index (χ2n) is 7.32. The largest absolute Gasteiger partial charge is 0.339 e. The number of hydrogen-bond acceptors (Lipinski definition) is 4. The SMILES string of the molecule is O=C(c1ccc(-c2cncnc2)nc1)N1CCC(CCc2ccccc2)CC1. The van der Waals surface area contributed by atoms with E-state index in [0.29, 0.717) is 11.5 Å². The fourth-order valence-corrected chi connectivity index (χ4v) is 3.75. The van der Waals surface area contributed by atoms with Gasteiger partial charge in [0.05, 0.1) is 11.3 Å². The predicted molar refractivity (Wildman–Crippen MR) is 109 cm³/mol. The van der Waals surface area contributed by atoms with Gasteiger partial charge in [0, 0.05) is 37.2 Å².